The molecule has 0 saturated heterocycles. The molecule has 0 nitrogen and oxygen atoms in total. The Kier molecular flexibility index (Phi) is 2.18. The lowest BCUT2D eigenvalue weighted by Gasteiger charge is -2.23. The molecule has 0 atom stereocenters. The van der Waals surface area contributed by atoms with Crippen molar-refractivity contribution in [2.75, 3.05) is 0 Å². The van der Waals surface area contributed by atoms with Gasteiger partial charge < -0.3 is 0 Å². The van der Waals surface area contributed by atoms with Crippen LogP contribution in [-0.2, 0) is 0 Å². The van der Waals surface area contributed by atoms with E-state index in [1.807, 2.05) is 0 Å². The quantitative estimate of drug-likeness (QED) is 0.468. The van der Waals surface area contributed by atoms with E-state index < -0.39 is 17.2 Å². The summed E-state index contributed by atoms with van der Waals surface area (Å²) in [5.41, 5.74) is -1.56. The maximum Gasteiger partial charge on any atom is 0.412 e. The van der Waals surface area contributed by atoms with Crippen LogP contribution in [0.25, 0.3) is 0 Å². The zero-order chi connectivity index (χ0) is 8.58. The van der Waals surface area contributed by atoms with Crippen molar-refractivity contribution < 1.29 is 13.2 Å². The second-order valence-electron chi connectivity index (χ2n) is 3.23. The van der Waals surface area contributed by atoms with Gasteiger partial charge in [0, 0.05) is 5.57 Å². The third-order valence-electron chi connectivity index (χ3n) is 1.25. The molecule has 10 heavy (non-hydrogen) atoms. The fourth-order valence-electron chi connectivity index (χ4n) is 0.425. The average Bonchev–Trinajstić information content (AvgIpc) is 1.59. The smallest absolute Gasteiger partial charge is 0.166 e. The lowest BCUT2D eigenvalue weighted by Crippen LogP contribution is -2.22. The molecule has 0 amide bonds. The van der Waals surface area contributed by atoms with Crippen molar-refractivity contribution in [3.8, 4) is 0 Å². The van der Waals surface area contributed by atoms with Crippen LogP contribution in [-0.4, -0.2) is 6.18 Å². The van der Waals surface area contributed by atoms with Gasteiger partial charge >= 0.3 is 6.18 Å². The van der Waals surface area contributed by atoms with E-state index >= 15 is 0 Å². The number of allylic oxidation sites excluding steroid dienone is 1. The van der Waals surface area contributed by atoms with E-state index in [1.54, 1.807) is 0 Å². The Morgan fingerprint density at radius 3 is 1.40 bits per heavy atom. The zero-order valence-electron chi connectivity index (χ0n) is 6.34. The van der Waals surface area contributed by atoms with E-state index in [1.165, 1.54) is 20.8 Å². The molecule has 0 saturated carbocycles. The van der Waals surface area contributed by atoms with Gasteiger partial charge in [-0.1, -0.05) is 27.4 Å². The highest BCUT2D eigenvalue weighted by atomic mass is 19.4. The van der Waals surface area contributed by atoms with Crippen molar-refractivity contribution in [3.05, 3.63) is 12.2 Å². The first-order chi connectivity index (χ1) is 4.15. The maximum absolute atomic E-state index is 11.8. The highest BCUT2D eigenvalue weighted by Crippen LogP contribution is 2.36. The Morgan fingerprint density at radius 2 is 1.40 bits per heavy atom. The lowest BCUT2D eigenvalue weighted by molar-refractivity contribution is -0.103. The Labute approximate surface area is 58.7 Å². The summed E-state index contributed by atoms with van der Waals surface area (Å²) in [4.78, 5) is 0. The minimum Gasteiger partial charge on any atom is -0.166 e. The molecule has 0 unspecified atom stereocenters. The van der Waals surface area contributed by atoms with Gasteiger partial charge in [0.2, 0.25) is 0 Å². The minimum absolute atomic E-state index is 0.681. The predicted octanol–water partition coefficient (Wildman–Crippen LogP) is 3.15. The molecule has 3 heteroatoms. The van der Waals surface area contributed by atoms with Crippen molar-refractivity contribution >= 4 is 0 Å². The van der Waals surface area contributed by atoms with Crippen LogP contribution in [0.15, 0.2) is 12.2 Å². The van der Waals surface area contributed by atoms with Crippen molar-refractivity contribution in [2.45, 2.75) is 26.9 Å². The number of alkyl halides is 3. The van der Waals surface area contributed by atoms with Crippen LogP contribution >= 0.6 is 0 Å². The summed E-state index contributed by atoms with van der Waals surface area (Å²) in [6.07, 6.45) is -4.25. The molecule has 0 aliphatic carbocycles. The summed E-state index contributed by atoms with van der Waals surface area (Å²) in [5, 5.41) is 0. The number of rotatable bonds is 0. The maximum atomic E-state index is 11.8. The lowest BCUT2D eigenvalue weighted by atomic mass is 9.87. The molecule has 0 aromatic heterocycles. The molecule has 0 heterocycles. The van der Waals surface area contributed by atoms with Gasteiger partial charge in [0.25, 0.3) is 0 Å². The normalized spacial score (nSPS) is 13.4. The van der Waals surface area contributed by atoms with Gasteiger partial charge in [0.05, 0.1) is 0 Å². The molecular formula is C7H11F3. The molecule has 0 aromatic carbocycles. The van der Waals surface area contributed by atoms with Gasteiger partial charge in [-0.05, 0) is 5.41 Å². The van der Waals surface area contributed by atoms with Crippen molar-refractivity contribution in [3.63, 3.8) is 0 Å². The van der Waals surface area contributed by atoms with Crippen LogP contribution in [0.2, 0.25) is 0 Å². The Hall–Kier alpha value is -0.470. The van der Waals surface area contributed by atoms with Gasteiger partial charge in [0.15, 0.2) is 0 Å². The molecule has 0 bridgehead atoms. The van der Waals surface area contributed by atoms with Gasteiger partial charge in [-0.15, -0.1) is 0 Å². The fraction of sp³-hybridized carbons (Fsp3) is 0.714. The summed E-state index contributed by atoms with van der Waals surface area (Å²) in [6, 6.07) is 0. The van der Waals surface area contributed by atoms with E-state index in [0.29, 0.717) is 0 Å². The predicted molar refractivity (Wildman–Crippen MR) is 34.6 cm³/mol. The van der Waals surface area contributed by atoms with Gasteiger partial charge in [-0.25, -0.2) is 0 Å². The van der Waals surface area contributed by atoms with Crippen LogP contribution in [0.1, 0.15) is 20.8 Å². The summed E-state index contributed by atoms with van der Waals surface area (Å²) >= 11 is 0. The topological polar surface area (TPSA) is 0 Å². The first-order valence-electron chi connectivity index (χ1n) is 2.92. The minimum atomic E-state index is -4.25. The van der Waals surface area contributed by atoms with E-state index in [4.69, 9.17) is 0 Å². The first-order valence-corrected chi connectivity index (χ1v) is 2.92. The molecule has 0 N–H and O–H groups in total. The zero-order valence-corrected chi connectivity index (χ0v) is 6.34. The van der Waals surface area contributed by atoms with E-state index in [2.05, 4.69) is 6.58 Å². The molecule has 0 fully saturated rings. The highest BCUT2D eigenvalue weighted by Gasteiger charge is 2.38. The summed E-state index contributed by atoms with van der Waals surface area (Å²) < 4.78 is 35.5. The molecule has 0 aliphatic rings. The van der Waals surface area contributed by atoms with Gasteiger partial charge in [-0.2, -0.15) is 13.2 Å². The molecule has 0 spiro atoms. The Bertz CT molecular complexity index is 120. The van der Waals surface area contributed by atoms with E-state index in [-0.39, 0.29) is 0 Å². The second-order valence-corrected chi connectivity index (χ2v) is 3.23. The largest absolute Gasteiger partial charge is 0.412 e. The summed E-state index contributed by atoms with van der Waals surface area (Å²) in [7, 11) is 0. The van der Waals surface area contributed by atoms with Crippen LogP contribution in [0, 0.1) is 5.41 Å². The van der Waals surface area contributed by atoms with E-state index in [0.717, 1.165) is 0 Å². The molecular weight excluding hydrogens is 141 g/mol. The molecule has 0 aromatic rings. The highest BCUT2D eigenvalue weighted by molar-refractivity contribution is 5.11. The summed E-state index contributed by atoms with van der Waals surface area (Å²) in [5.74, 6) is 0. The van der Waals surface area contributed by atoms with Crippen LogP contribution in [0.5, 0.6) is 0 Å². The SMILES string of the molecule is C=C(C(C)(C)C)C(F)(F)F. The fourth-order valence-corrected chi connectivity index (χ4v) is 0.425. The average molecular weight is 152 g/mol. The van der Waals surface area contributed by atoms with Crippen LogP contribution in [0.4, 0.5) is 13.2 Å². The number of halogens is 3. The number of hydrogen-bond donors (Lipinski definition) is 0. The van der Waals surface area contributed by atoms with E-state index in [9.17, 15) is 13.2 Å². The van der Waals surface area contributed by atoms with Gasteiger partial charge in [-0.3, -0.25) is 0 Å². The Morgan fingerprint density at radius 1 is 1.10 bits per heavy atom. The van der Waals surface area contributed by atoms with Crippen LogP contribution < -0.4 is 0 Å². The number of hydrogen-bond acceptors (Lipinski definition) is 0. The molecule has 0 radical (unpaired) electrons. The Balaban J connectivity index is 4.40. The first kappa shape index (κ1) is 9.53. The monoisotopic (exact) mass is 152 g/mol. The molecule has 60 valence electrons. The molecule has 0 rings (SSSR count). The van der Waals surface area contributed by atoms with Crippen molar-refractivity contribution in [2.24, 2.45) is 5.41 Å². The summed E-state index contributed by atoms with van der Waals surface area (Å²) in [6.45, 7) is 7.44. The third-order valence-corrected chi connectivity index (χ3v) is 1.25. The standard InChI is InChI=1S/C7H11F3/c1-5(6(2,3)4)7(8,9)10/h1H2,2-4H3. The van der Waals surface area contributed by atoms with Gasteiger partial charge in [0.1, 0.15) is 0 Å². The van der Waals surface area contributed by atoms with Crippen molar-refractivity contribution in [1.82, 2.24) is 0 Å². The van der Waals surface area contributed by atoms with Crippen molar-refractivity contribution in [1.29, 1.82) is 0 Å². The molecule has 0 aliphatic heterocycles. The van der Waals surface area contributed by atoms with Crippen LogP contribution in [0.3, 0.4) is 0 Å². The third kappa shape index (κ3) is 2.42. The second kappa shape index (κ2) is 2.29.